The molecule has 0 spiro atoms. The van der Waals surface area contributed by atoms with Gasteiger partial charge in [-0.25, -0.2) is 0 Å². The Kier molecular flexibility index (Phi) is 4.91. The van der Waals surface area contributed by atoms with Gasteiger partial charge in [-0.05, 0) is 51.3 Å². The Morgan fingerprint density at radius 3 is 2.22 bits per heavy atom. The van der Waals surface area contributed by atoms with E-state index in [1.165, 1.54) is 16.7 Å². The Morgan fingerprint density at radius 1 is 1.17 bits per heavy atom. The Hall–Kier alpha value is -1.35. The van der Waals surface area contributed by atoms with Gasteiger partial charge in [-0.15, -0.1) is 0 Å². The molecule has 3 nitrogen and oxygen atoms in total. The molecule has 0 saturated heterocycles. The third-order valence-electron chi connectivity index (χ3n) is 2.75. The third kappa shape index (κ3) is 4.88. The summed E-state index contributed by atoms with van der Waals surface area (Å²) in [6, 6.07) is 6.25. The molecule has 2 N–H and O–H groups in total. The molecule has 0 atom stereocenters. The number of aryl methyl sites for hydroxylation is 2. The molecule has 0 bridgehead atoms. The summed E-state index contributed by atoms with van der Waals surface area (Å²) in [5.74, 6) is 0.0359. The number of carbonyl (C=O) groups is 1. The van der Waals surface area contributed by atoms with Gasteiger partial charge in [0, 0.05) is 12.1 Å². The molecule has 18 heavy (non-hydrogen) atoms. The minimum Gasteiger partial charge on any atom is -0.350 e. The second-order valence-electron chi connectivity index (χ2n) is 5.77. The maximum Gasteiger partial charge on any atom is 0.234 e. The summed E-state index contributed by atoms with van der Waals surface area (Å²) in [4.78, 5) is 11.6. The van der Waals surface area contributed by atoms with Crippen molar-refractivity contribution in [3.05, 3.63) is 34.9 Å². The molecule has 0 aromatic heterocycles. The molecule has 3 heteroatoms. The van der Waals surface area contributed by atoms with Crippen LogP contribution in [0.3, 0.4) is 0 Å². The van der Waals surface area contributed by atoms with Crippen molar-refractivity contribution in [1.29, 1.82) is 0 Å². The summed E-state index contributed by atoms with van der Waals surface area (Å²) in [6.45, 7) is 11.2. The van der Waals surface area contributed by atoms with E-state index in [-0.39, 0.29) is 11.4 Å². The molecular formula is C15H24N2O. The van der Waals surface area contributed by atoms with E-state index < -0.39 is 0 Å². The minimum atomic E-state index is -0.169. The molecule has 0 heterocycles. The first kappa shape index (κ1) is 14.7. The van der Waals surface area contributed by atoms with Crippen LogP contribution < -0.4 is 10.6 Å². The van der Waals surface area contributed by atoms with Crippen molar-refractivity contribution in [1.82, 2.24) is 10.6 Å². The molecule has 100 valence electrons. The molecule has 0 fully saturated rings. The fourth-order valence-corrected chi connectivity index (χ4v) is 1.89. The van der Waals surface area contributed by atoms with Gasteiger partial charge in [-0.3, -0.25) is 4.79 Å². The van der Waals surface area contributed by atoms with Crippen molar-refractivity contribution in [2.75, 3.05) is 6.54 Å². The Balaban J connectivity index is 2.45. The first-order valence-corrected chi connectivity index (χ1v) is 6.36. The van der Waals surface area contributed by atoms with Gasteiger partial charge in [0.15, 0.2) is 0 Å². The predicted molar refractivity (Wildman–Crippen MR) is 75.5 cm³/mol. The molecule has 0 aliphatic heterocycles. The molecular weight excluding hydrogens is 224 g/mol. The van der Waals surface area contributed by atoms with Crippen LogP contribution in [-0.2, 0) is 11.3 Å². The number of carbonyl (C=O) groups excluding carboxylic acids is 1. The average molecular weight is 248 g/mol. The number of benzene rings is 1. The lowest BCUT2D eigenvalue weighted by atomic mass is 10.0. The van der Waals surface area contributed by atoms with E-state index in [9.17, 15) is 4.79 Å². The van der Waals surface area contributed by atoms with E-state index in [0.29, 0.717) is 6.54 Å². The van der Waals surface area contributed by atoms with Crippen LogP contribution in [0.25, 0.3) is 0 Å². The molecule has 0 aliphatic rings. The zero-order chi connectivity index (χ0) is 13.8. The van der Waals surface area contributed by atoms with E-state index >= 15 is 0 Å². The SMILES string of the molecule is Cc1cccc(C)c1CNCC(=O)NC(C)(C)C. The molecule has 1 aromatic carbocycles. The first-order valence-electron chi connectivity index (χ1n) is 6.36. The van der Waals surface area contributed by atoms with Crippen LogP contribution in [0.2, 0.25) is 0 Å². The van der Waals surface area contributed by atoms with Crippen LogP contribution >= 0.6 is 0 Å². The number of nitrogens with one attached hydrogen (secondary N) is 2. The molecule has 1 rings (SSSR count). The summed E-state index contributed by atoms with van der Waals surface area (Å²) in [5, 5.41) is 6.13. The number of hydrogen-bond acceptors (Lipinski definition) is 2. The van der Waals surface area contributed by atoms with Gasteiger partial charge in [0.2, 0.25) is 5.91 Å². The van der Waals surface area contributed by atoms with Crippen molar-refractivity contribution in [3.8, 4) is 0 Å². The van der Waals surface area contributed by atoms with Crippen LogP contribution in [-0.4, -0.2) is 18.0 Å². The second-order valence-corrected chi connectivity index (χ2v) is 5.77. The Bertz CT molecular complexity index is 399. The highest BCUT2D eigenvalue weighted by atomic mass is 16.2. The van der Waals surface area contributed by atoms with Crippen molar-refractivity contribution < 1.29 is 4.79 Å². The lowest BCUT2D eigenvalue weighted by Crippen LogP contribution is -2.44. The molecule has 0 saturated carbocycles. The van der Waals surface area contributed by atoms with Gasteiger partial charge in [-0.2, -0.15) is 0 Å². The van der Waals surface area contributed by atoms with Crippen LogP contribution in [0.5, 0.6) is 0 Å². The van der Waals surface area contributed by atoms with Crippen LogP contribution in [0.4, 0.5) is 0 Å². The van der Waals surface area contributed by atoms with Gasteiger partial charge in [-0.1, -0.05) is 18.2 Å². The highest BCUT2D eigenvalue weighted by molar-refractivity contribution is 5.78. The molecule has 1 aromatic rings. The normalized spacial score (nSPS) is 11.4. The van der Waals surface area contributed by atoms with Crippen LogP contribution in [0, 0.1) is 13.8 Å². The highest BCUT2D eigenvalue weighted by Gasteiger charge is 2.13. The second kappa shape index (κ2) is 6.01. The lowest BCUT2D eigenvalue weighted by molar-refractivity contribution is -0.121. The van der Waals surface area contributed by atoms with Crippen molar-refractivity contribution in [2.24, 2.45) is 0 Å². The van der Waals surface area contributed by atoms with Gasteiger partial charge in [0.25, 0.3) is 0 Å². The predicted octanol–water partition coefficient (Wildman–Crippen LogP) is 2.31. The molecule has 1 amide bonds. The standard InChI is InChI=1S/C15H24N2O/c1-11-7-6-8-12(2)13(11)9-16-10-14(18)17-15(3,4)5/h6-8,16H,9-10H2,1-5H3,(H,17,18). The maximum absolute atomic E-state index is 11.6. The summed E-state index contributed by atoms with van der Waals surface area (Å²) < 4.78 is 0. The zero-order valence-electron chi connectivity index (χ0n) is 12.1. The monoisotopic (exact) mass is 248 g/mol. The smallest absolute Gasteiger partial charge is 0.234 e. The maximum atomic E-state index is 11.6. The summed E-state index contributed by atoms with van der Waals surface area (Å²) in [6.07, 6.45) is 0. The Labute approximate surface area is 110 Å². The highest BCUT2D eigenvalue weighted by Crippen LogP contribution is 2.12. The summed E-state index contributed by atoms with van der Waals surface area (Å²) in [5.41, 5.74) is 3.63. The average Bonchev–Trinajstić information content (AvgIpc) is 2.19. The largest absolute Gasteiger partial charge is 0.350 e. The number of amides is 1. The fourth-order valence-electron chi connectivity index (χ4n) is 1.89. The van der Waals surface area contributed by atoms with Gasteiger partial charge in [0.05, 0.1) is 6.54 Å². The van der Waals surface area contributed by atoms with E-state index in [0.717, 1.165) is 6.54 Å². The van der Waals surface area contributed by atoms with E-state index in [1.807, 2.05) is 20.8 Å². The number of hydrogen-bond donors (Lipinski definition) is 2. The minimum absolute atomic E-state index is 0.0359. The summed E-state index contributed by atoms with van der Waals surface area (Å²) in [7, 11) is 0. The quantitative estimate of drug-likeness (QED) is 0.858. The van der Waals surface area contributed by atoms with Crippen LogP contribution in [0.1, 0.15) is 37.5 Å². The van der Waals surface area contributed by atoms with Crippen molar-refractivity contribution in [2.45, 2.75) is 46.7 Å². The first-order chi connectivity index (χ1) is 8.29. The van der Waals surface area contributed by atoms with Gasteiger partial charge >= 0.3 is 0 Å². The van der Waals surface area contributed by atoms with Crippen molar-refractivity contribution in [3.63, 3.8) is 0 Å². The van der Waals surface area contributed by atoms with E-state index in [1.54, 1.807) is 0 Å². The topological polar surface area (TPSA) is 41.1 Å². The molecule has 0 unspecified atom stereocenters. The van der Waals surface area contributed by atoms with E-state index in [4.69, 9.17) is 0 Å². The summed E-state index contributed by atoms with van der Waals surface area (Å²) >= 11 is 0. The Morgan fingerprint density at radius 2 is 1.72 bits per heavy atom. The number of rotatable bonds is 4. The fraction of sp³-hybridized carbons (Fsp3) is 0.533. The van der Waals surface area contributed by atoms with Crippen LogP contribution in [0.15, 0.2) is 18.2 Å². The third-order valence-corrected chi connectivity index (χ3v) is 2.75. The van der Waals surface area contributed by atoms with Gasteiger partial charge < -0.3 is 10.6 Å². The zero-order valence-corrected chi connectivity index (χ0v) is 12.1. The van der Waals surface area contributed by atoms with E-state index in [2.05, 4.69) is 42.7 Å². The molecule has 0 aliphatic carbocycles. The lowest BCUT2D eigenvalue weighted by Gasteiger charge is -2.20. The van der Waals surface area contributed by atoms with Gasteiger partial charge in [0.1, 0.15) is 0 Å². The van der Waals surface area contributed by atoms with Crippen molar-refractivity contribution >= 4 is 5.91 Å². The molecule has 0 radical (unpaired) electrons.